The summed E-state index contributed by atoms with van der Waals surface area (Å²) < 4.78 is 5.12. The predicted octanol–water partition coefficient (Wildman–Crippen LogP) is 2.56. The van der Waals surface area contributed by atoms with E-state index in [1.165, 1.54) is 6.92 Å². The van der Waals surface area contributed by atoms with Crippen molar-refractivity contribution in [2.24, 2.45) is 5.11 Å². The minimum absolute atomic E-state index is 0.357. The van der Waals surface area contributed by atoms with Crippen molar-refractivity contribution in [2.45, 2.75) is 64.7 Å². The smallest absolute Gasteiger partial charge is 0.318 e. The first-order chi connectivity index (χ1) is 7.64. The molecule has 2 atom stereocenters. The van der Waals surface area contributed by atoms with Gasteiger partial charge in [0.25, 0.3) is 0 Å². The van der Waals surface area contributed by atoms with Gasteiger partial charge in [-0.1, -0.05) is 18.5 Å². The van der Waals surface area contributed by atoms with Crippen molar-refractivity contribution in [1.82, 2.24) is 0 Å². The molecule has 6 heteroatoms. The van der Waals surface area contributed by atoms with Crippen molar-refractivity contribution < 1.29 is 14.6 Å². The van der Waals surface area contributed by atoms with Crippen LogP contribution >= 0.6 is 0 Å². The number of rotatable bonds is 5. The molecule has 98 valence electrons. The third-order valence-electron chi connectivity index (χ3n) is 2.14. The molecule has 0 aromatic heterocycles. The number of hydrogen-bond acceptors (Lipinski definition) is 4. The highest BCUT2D eigenvalue weighted by atomic mass is 16.6. The van der Waals surface area contributed by atoms with Crippen molar-refractivity contribution in [1.29, 1.82) is 0 Å². The van der Waals surface area contributed by atoms with Crippen LogP contribution in [0, 0.1) is 0 Å². The summed E-state index contributed by atoms with van der Waals surface area (Å²) in [7, 11) is 0. The predicted molar refractivity (Wildman–Crippen MR) is 64.3 cm³/mol. The Morgan fingerprint density at radius 1 is 1.47 bits per heavy atom. The largest absolute Gasteiger partial charge is 0.460 e. The Balaban J connectivity index is 4.98. The van der Waals surface area contributed by atoms with Gasteiger partial charge in [0.15, 0.2) is 6.04 Å². The molecule has 0 amide bonds. The molecule has 1 N–H and O–H groups in total. The van der Waals surface area contributed by atoms with Crippen LogP contribution in [0.5, 0.6) is 0 Å². The monoisotopic (exact) mass is 243 g/mol. The highest BCUT2D eigenvalue weighted by Crippen LogP contribution is 2.23. The van der Waals surface area contributed by atoms with Crippen LogP contribution in [-0.2, 0) is 9.53 Å². The second kappa shape index (κ2) is 5.89. The van der Waals surface area contributed by atoms with Gasteiger partial charge in [-0.3, -0.25) is 4.79 Å². The number of carbonyl (C=O) groups excluding carboxylic acids is 1. The Morgan fingerprint density at radius 3 is 2.35 bits per heavy atom. The van der Waals surface area contributed by atoms with E-state index in [4.69, 9.17) is 10.3 Å². The molecule has 6 nitrogen and oxygen atoms in total. The number of hydrogen-bond donors (Lipinski definition) is 1. The van der Waals surface area contributed by atoms with Gasteiger partial charge in [0, 0.05) is 4.91 Å². The van der Waals surface area contributed by atoms with Crippen LogP contribution in [0.4, 0.5) is 0 Å². The normalized spacial score (nSPS) is 16.6. The minimum atomic E-state index is -1.39. The summed E-state index contributed by atoms with van der Waals surface area (Å²) in [5.74, 6) is -0.700. The van der Waals surface area contributed by atoms with Crippen molar-refractivity contribution in [2.75, 3.05) is 0 Å². The van der Waals surface area contributed by atoms with Gasteiger partial charge in [0.1, 0.15) is 5.60 Å². The first kappa shape index (κ1) is 15.7. The Labute approximate surface area is 102 Å². The van der Waals surface area contributed by atoms with Gasteiger partial charge in [-0.05, 0) is 39.6 Å². The van der Waals surface area contributed by atoms with Gasteiger partial charge >= 0.3 is 5.97 Å². The van der Waals surface area contributed by atoms with E-state index in [2.05, 4.69) is 10.0 Å². The van der Waals surface area contributed by atoms with E-state index < -0.39 is 23.2 Å². The topological polar surface area (TPSA) is 95.3 Å². The zero-order valence-corrected chi connectivity index (χ0v) is 11.1. The molecule has 0 fully saturated rings. The lowest BCUT2D eigenvalue weighted by atomic mass is 9.92. The van der Waals surface area contributed by atoms with Crippen LogP contribution in [0.25, 0.3) is 10.4 Å². The third-order valence-corrected chi connectivity index (χ3v) is 2.14. The summed E-state index contributed by atoms with van der Waals surface area (Å²) in [6, 6.07) is -1.22. The van der Waals surface area contributed by atoms with E-state index >= 15 is 0 Å². The molecule has 0 heterocycles. The number of esters is 1. The maximum absolute atomic E-state index is 11.8. The number of nitrogens with zero attached hydrogens (tertiary/aromatic N) is 3. The number of aliphatic hydroxyl groups is 1. The van der Waals surface area contributed by atoms with Crippen LogP contribution < -0.4 is 0 Å². The number of carbonyl (C=O) groups is 1. The molecule has 0 aliphatic carbocycles. The summed E-state index contributed by atoms with van der Waals surface area (Å²) in [5, 5.41) is 13.5. The van der Waals surface area contributed by atoms with Gasteiger partial charge in [0.05, 0.1) is 5.60 Å². The average Bonchev–Trinajstić information content (AvgIpc) is 2.10. The minimum Gasteiger partial charge on any atom is -0.460 e. The summed E-state index contributed by atoms with van der Waals surface area (Å²) in [6.07, 6.45) is 1.03. The lowest BCUT2D eigenvalue weighted by molar-refractivity contribution is -0.162. The summed E-state index contributed by atoms with van der Waals surface area (Å²) >= 11 is 0. The summed E-state index contributed by atoms with van der Waals surface area (Å²) in [6.45, 7) is 8.49. The van der Waals surface area contributed by atoms with Gasteiger partial charge in [-0.2, -0.15) is 0 Å². The standard InChI is InChI=1S/C11H21N3O3/c1-6-7-11(5,16)8(13-14-12)9(15)17-10(2,3)4/h8,16H,6-7H2,1-5H3. The molecular formula is C11H21N3O3. The fourth-order valence-electron chi connectivity index (χ4n) is 1.48. The quantitative estimate of drug-likeness (QED) is 0.348. The van der Waals surface area contributed by atoms with Gasteiger partial charge < -0.3 is 9.84 Å². The molecule has 0 radical (unpaired) electrons. The zero-order valence-electron chi connectivity index (χ0n) is 11.1. The van der Waals surface area contributed by atoms with Crippen LogP contribution in [-0.4, -0.2) is 28.3 Å². The molecule has 0 aromatic rings. The van der Waals surface area contributed by atoms with Gasteiger partial charge in [-0.15, -0.1) is 0 Å². The molecule has 0 aromatic carbocycles. The second-order valence-electron chi connectivity index (χ2n) is 5.25. The van der Waals surface area contributed by atoms with Crippen LogP contribution in [0.15, 0.2) is 5.11 Å². The molecule has 17 heavy (non-hydrogen) atoms. The Bertz CT molecular complexity index is 314. The molecule has 0 saturated carbocycles. The third kappa shape index (κ3) is 5.56. The number of azide groups is 1. The van der Waals surface area contributed by atoms with Crippen molar-refractivity contribution in [3.63, 3.8) is 0 Å². The molecule has 2 unspecified atom stereocenters. The van der Waals surface area contributed by atoms with E-state index in [0.717, 1.165) is 0 Å². The first-order valence-corrected chi connectivity index (χ1v) is 5.63. The van der Waals surface area contributed by atoms with Gasteiger partial charge in [0.2, 0.25) is 0 Å². The van der Waals surface area contributed by atoms with Crippen molar-refractivity contribution in [3.05, 3.63) is 10.4 Å². The van der Waals surface area contributed by atoms with Crippen molar-refractivity contribution >= 4 is 5.97 Å². The van der Waals surface area contributed by atoms with E-state index in [1.807, 2.05) is 6.92 Å². The molecule has 0 saturated heterocycles. The lowest BCUT2D eigenvalue weighted by Gasteiger charge is -2.30. The maximum atomic E-state index is 11.8. The molecule has 0 aliphatic heterocycles. The SMILES string of the molecule is CCCC(C)(O)C(N=[N+]=[N-])C(=O)OC(C)(C)C. The fraction of sp³-hybridized carbons (Fsp3) is 0.909. The van der Waals surface area contributed by atoms with Gasteiger partial charge in [-0.25, -0.2) is 0 Å². The zero-order chi connectivity index (χ0) is 13.7. The summed E-state index contributed by atoms with van der Waals surface area (Å²) in [5.41, 5.74) is 6.39. The highest BCUT2D eigenvalue weighted by Gasteiger charge is 2.38. The highest BCUT2D eigenvalue weighted by molar-refractivity contribution is 5.77. The summed E-state index contributed by atoms with van der Waals surface area (Å²) in [4.78, 5) is 14.4. The number of ether oxygens (including phenoxy) is 1. The second-order valence-corrected chi connectivity index (χ2v) is 5.25. The first-order valence-electron chi connectivity index (χ1n) is 5.63. The Kier molecular flexibility index (Phi) is 5.45. The van der Waals surface area contributed by atoms with Crippen molar-refractivity contribution in [3.8, 4) is 0 Å². The molecule has 0 aliphatic rings. The molecule has 0 bridgehead atoms. The maximum Gasteiger partial charge on any atom is 0.318 e. The molecular weight excluding hydrogens is 222 g/mol. The lowest BCUT2D eigenvalue weighted by Crippen LogP contribution is -2.45. The van der Waals surface area contributed by atoms with E-state index in [0.29, 0.717) is 12.8 Å². The Hall–Kier alpha value is -1.26. The molecule has 0 rings (SSSR count). The van der Waals surface area contributed by atoms with Crippen LogP contribution in [0.2, 0.25) is 0 Å². The molecule has 0 spiro atoms. The average molecular weight is 243 g/mol. The fourth-order valence-corrected chi connectivity index (χ4v) is 1.48. The van der Waals surface area contributed by atoms with E-state index in [1.54, 1.807) is 20.8 Å². The Morgan fingerprint density at radius 2 is 2.00 bits per heavy atom. The van der Waals surface area contributed by atoms with Crippen LogP contribution in [0.1, 0.15) is 47.5 Å². The van der Waals surface area contributed by atoms with E-state index in [9.17, 15) is 9.90 Å². The van der Waals surface area contributed by atoms with E-state index in [-0.39, 0.29) is 0 Å². The van der Waals surface area contributed by atoms with Crippen LogP contribution in [0.3, 0.4) is 0 Å².